The maximum Gasteiger partial charge on any atom is 2.00 e. The molecule has 0 aromatic heterocycles. The number of phenols is 2. The molecule has 3 N–H and O–H groups in total. The van der Waals surface area contributed by atoms with E-state index >= 15 is 0 Å². The Hall–Kier alpha value is -1.96. The number of ketones is 1. The van der Waals surface area contributed by atoms with Gasteiger partial charge in [0, 0.05) is 0 Å². The number of carbonyl (C=O) groups excluding carboxylic acids is 1. The van der Waals surface area contributed by atoms with Crippen LogP contribution in [0, 0.1) is 7.43 Å². The van der Waals surface area contributed by atoms with Crippen molar-refractivity contribution in [2.75, 3.05) is 14.2 Å². The molecule has 2 aromatic carbocycles. The molecule has 6 nitrogen and oxygen atoms in total. The molecule has 0 aliphatic rings. The zero-order chi connectivity index (χ0) is 19.2. The van der Waals surface area contributed by atoms with Crippen LogP contribution in [0.2, 0.25) is 0 Å². The summed E-state index contributed by atoms with van der Waals surface area (Å²) in [6.45, 7) is 4.59. The summed E-state index contributed by atoms with van der Waals surface area (Å²) in [6.07, 6.45) is 0. The van der Waals surface area contributed by atoms with Gasteiger partial charge in [-0.1, -0.05) is 19.6 Å². The zero-order valence-corrected chi connectivity index (χ0v) is 18.2. The molecule has 0 amide bonds. The molecule has 154 valence electrons. The molecule has 0 unspecified atom stereocenters. The fourth-order valence-corrected chi connectivity index (χ4v) is 2.35. The normalized spacial score (nSPS) is 9.36. The van der Waals surface area contributed by atoms with Crippen LogP contribution in [0.4, 0.5) is 0 Å². The van der Waals surface area contributed by atoms with Gasteiger partial charge in [0.1, 0.15) is 28.6 Å². The van der Waals surface area contributed by atoms with Gasteiger partial charge in [0.15, 0.2) is 5.78 Å². The summed E-state index contributed by atoms with van der Waals surface area (Å²) in [7, 11) is 2.96. The van der Waals surface area contributed by atoms with Gasteiger partial charge in [0.25, 0.3) is 0 Å². The zero-order valence-electron chi connectivity index (χ0n) is 17.7. The number of aromatic hydroxyl groups is 2. The summed E-state index contributed by atoms with van der Waals surface area (Å²) >= 11 is 0. The third-order valence-electron chi connectivity index (χ3n) is 3.41. The standard InChI is InChI=1S/C10H14O3.C9H10O3.CH4.CH3.Mg.H/c1-10(2,12)9-7(11)5-4-6-8(9)13-3;1-6(10)9-7(11)4-3-5-8(9)12-2;;;;/h4-6,11-12H,1-3H3;3-5,11H,1-2H3;1H4;1H3;;/q;;;-1;+2;-1. The van der Waals surface area contributed by atoms with E-state index in [0.29, 0.717) is 17.1 Å². The Bertz CT molecular complexity index is 744. The second kappa shape index (κ2) is 13.3. The van der Waals surface area contributed by atoms with Crippen LogP contribution >= 0.6 is 0 Å². The van der Waals surface area contributed by atoms with Crippen molar-refractivity contribution in [2.24, 2.45) is 0 Å². The molecule has 0 aliphatic carbocycles. The van der Waals surface area contributed by atoms with E-state index in [4.69, 9.17) is 9.47 Å². The summed E-state index contributed by atoms with van der Waals surface area (Å²) in [6, 6.07) is 9.61. The van der Waals surface area contributed by atoms with Crippen molar-refractivity contribution >= 4 is 28.8 Å². The van der Waals surface area contributed by atoms with E-state index in [0.717, 1.165) is 0 Å². The van der Waals surface area contributed by atoms with Gasteiger partial charge in [-0.3, -0.25) is 4.79 Å². The molecular formula is C21H32MgO6. The maximum absolute atomic E-state index is 11.0. The third-order valence-corrected chi connectivity index (χ3v) is 3.41. The molecule has 0 saturated heterocycles. The number of phenolic OH excluding ortho intramolecular Hbond substituents is 2. The summed E-state index contributed by atoms with van der Waals surface area (Å²) in [4.78, 5) is 11.0. The summed E-state index contributed by atoms with van der Waals surface area (Å²) in [5, 5.41) is 28.6. The van der Waals surface area contributed by atoms with Gasteiger partial charge in [0.05, 0.1) is 25.4 Å². The predicted molar refractivity (Wildman–Crippen MR) is 115 cm³/mol. The first-order valence-electron chi connectivity index (χ1n) is 7.59. The van der Waals surface area contributed by atoms with Crippen LogP contribution in [0.3, 0.4) is 0 Å². The Labute approximate surface area is 185 Å². The van der Waals surface area contributed by atoms with Gasteiger partial charge in [-0.2, -0.15) is 0 Å². The van der Waals surface area contributed by atoms with E-state index in [2.05, 4.69) is 0 Å². The molecule has 0 radical (unpaired) electrons. The number of Topliss-reactive ketones (excluding diaryl/α,β-unsaturated/α-hetero) is 1. The van der Waals surface area contributed by atoms with Crippen molar-refractivity contribution < 1.29 is 31.0 Å². The number of rotatable bonds is 4. The monoisotopic (exact) mass is 404 g/mol. The van der Waals surface area contributed by atoms with Crippen LogP contribution < -0.4 is 9.47 Å². The first-order valence-corrected chi connectivity index (χ1v) is 7.59. The molecule has 2 aromatic rings. The first-order chi connectivity index (χ1) is 11.6. The van der Waals surface area contributed by atoms with Gasteiger partial charge >= 0.3 is 23.1 Å². The number of benzene rings is 2. The van der Waals surface area contributed by atoms with Crippen molar-refractivity contribution in [3.8, 4) is 23.0 Å². The quantitative estimate of drug-likeness (QED) is 0.404. The third kappa shape index (κ3) is 7.96. The van der Waals surface area contributed by atoms with Crippen molar-refractivity contribution in [3.63, 3.8) is 0 Å². The second-order valence-electron chi connectivity index (χ2n) is 5.82. The van der Waals surface area contributed by atoms with E-state index in [-0.39, 0.29) is 62.2 Å². The van der Waals surface area contributed by atoms with E-state index in [1.165, 1.54) is 33.3 Å². The van der Waals surface area contributed by atoms with Gasteiger partial charge in [-0.05, 0) is 45.0 Å². The SMILES string of the molecule is C.COc1cccc(O)c1C(C)(C)O.COc1cccc(O)c1C(C)=O.[CH3-].[H-].[Mg+2]. The average Bonchev–Trinajstić information content (AvgIpc) is 2.53. The molecule has 7 heteroatoms. The minimum atomic E-state index is -1.10. The molecule has 0 atom stereocenters. The topological polar surface area (TPSA) is 96.2 Å². The Morgan fingerprint density at radius 2 is 1.39 bits per heavy atom. The molecule has 0 aliphatic heterocycles. The van der Waals surface area contributed by atoms with Crippen LogP contribution in [0.15, 0.2) is 36.4 Å². The number of carbonyl (C=O) groups is 1. The number of methoxy groups -OCH3 is 2. The second-order valence-corrected chi connectivity index (χ2v) is 5.82. The van der Waals surface area contributed by atoms with E-state index in [1.807, 2.05) is 0 Å². The average molecular weight is 405 g/mol. The summed E-state index contributed by atoms with van der Waals surface area (Å²) in [5.74, 6) is 0.702. The summed E-state index contributed by atoms with van der Waals surface area (Å²) in [5.41, 5.74) is -0.450. The number of hydrogen-bond acceptors (Lipinski definition) is 6. The van der Waals surface area contributed by atoms with Crippen LogP contribution in [-0.4, -0.2) is 58.4 Å². The number of ether oxygens (including phenoxy) is 2. The fraction of sp³-hybridized carbons (Fsp3) is 0.333. The molecule has 0 bridgehead atoms. The van der Waals surface area contributed by atoms with E-state index < -0.39 is 5.60 Å². The minimum Gasteiger partial charge on any atom is -1.00 e. The smallest absolute Gasteiger partial charge is 1.00 e. The van der Waals surface area contributed by atoms with Gasteiger partial charge in [0.2, 0.25) is 0 Å². The molecule has 0 fully saturated rings. The Kier molecular flexibility index (Phi) is 14.6. The first kappa shape index (κ1) is 30.8. The van der Waals surface area contributed by atoms with E-state index in [9.17, 15) is 20.1 Å². The van der Waals surface area contributed by atoms with Gasteiger partial charge in [-0.15, -0.1) is 0 Å². The van der Waals surface area contributed by atoms with E-state index in [1.54, 1.807) is 38.1 Å². The Morgan fingerprint density at radius 1 is 0.964 bits per heavy atom. The minimum absolute atomic E-state index is 0. The van der Waals surface area contributed by atoms with Crippen molar-refractivity contribution in [2.45, 2.75) is 33.8 Å². The van der Waals surface area contributed by atoms with Crippen molar-refractivity contribution in [3.05, 3.63) is 55.0 Å². The molecule has 0 spiro atoms. The molecule has 28 heavy (non-hydrogen) atoms. The summed E-state index contributed by atoms with van der Waals surface area (Å²) < 4.78 is 9.94. The number of aliphatic hydroxyl groups is 1. The molecule has 2 rings (SSSR count). The Morgan fingerprint density at radius 3 is 1.71 bits per heavy atom. The maximum atomic E-state index is 11.0. The number of hydrogen-bond donors (Lipinski definition) is 3. The largest absolute Gasteiger partial charge is 2.00 e. The van der Waals surface area contributed by atoms with Gasteiger partial charge in [-0.25, -0.2) is 0 Å². The fourth-order valence-electron chi connectivity index (χ4n) is 2.35. The molecule has 0 saturated carbocycles. The predicted octanol–water partition coefficient (Wildman–Crippen LogP) is 4.05. The molecule has 0 heterocycles. The van der Waals surface area contributed by atoms with Gasteiger partial charge < -0.3 is 33.6 Å². The van der Waals surface area contributed by atoms with Crippen LogP contribution in [0.5, 0.6) is 23.0 Å². The molecular weight excluding hydrogens is 373 g/mol. The van der Waals surface area contributed by atoms with Crippen LogP contribution in [0.25, 0.3) is 0 Å². The van der Waals surface area contributed by atoms with Crippen LogP contribution in [0.1, 0.15) is 45.5 Å². The Balaban J connectivity index is -0.000000190. The van der Waals surface area contributed by atoms with Crippen molar-refractivity contribution in [1.29, 1.82) is 0 Å². The van der Waals surface area contributed by atoms with Crippen LogP contribution in [-0.2, 0) is 5.60 Å². The van der Waals surface area contributed by atoms with Crippen molar-refractivity contribution in [1.82, 2.24) is 0 Å².